The smallest absolute Gasteiger partial charge is 0.141 e. The molecule has 0 unspecified atom stereocenters. The van der Waals surface area contributed by atoms with Crippen LogP contribution in [-0.4, -0.2) is 44.3 Å². The summed E-state index contributed by atoms with van der Waals surface area (Å²) in [5.74, 6) is 1.12. The largest absolute Gasteiger partial charge is 1.00 e. The van der Waals surface area contributed by atoms with Crippen molar-refractivity contribution in [1.29, 1.82) is 0 Å². The number of nitrogens with zero attached hydrogens (tertiary/aromatic N) is 1. The molecule has 1 fully saturated rings. The Hall–Kier alpha value is -0.820. The van der Waals surface area contributed by atoms with E-state index >= 15 is 0 Å². The van der Waals surface area contributed by atoms with Gasteiger partial charge in [-0.1, -0.05) is 11.6 Å². The van der Waals surface area contributed by atoms with Gasteiger partial charge in [-0.25, -0.2) is 4.39 Å². The first-order chi connectivity index (χ1) is 11.2. The lowest BCUT2D eigenvalue weighted by Gasteiger charge is -2.26. The first-order valence-corrected chi connectivity index (χ1v) is 8.15. The van der Waals surface area contributed by atoms with Gasteiger partial charge in [0.05, 0.1) is 24.8 Å². The number of hydrogen-bond acceptors (Lipinski definition) is 4. The third-order valence-electron chi connectivity index (χ3n) is 3.87. The second-order valence-corrected chi connectivity index (χ2v) is 5.93. The van der Waals surface area contributed by atoms with E-state index in [1.807, 2.05) is 12.1 Å². The standard InChI is InChI=1S/C17H20ClFN2O2.2ClH/c18-15-11-13(1-3-16(15)19)17-4-2-14(23-17)12-20-5-6-21-7-9-22-10-8-21;;/h1-4,11,20H,5-10,12H2;2*1H/p-2. The van der Waals surface area contributed by atoms with E-state index in [2.05, 4.69) is 10.2 Å². The van der Waals surface area contributed by atoms with Crippen LogP contribution in [0.25, 0.3) is 11.3 Å². The SMILES string of the molecule is Fc1ccc(-c2ccc(CNCCN3CCOCC3)o2)cc1Cl.[Cl-].[Cl-]. The van der Waals surface area contributed by atoms with Crippen molar-refractivity contribution in [2.24, 2.45) is 0 Å². The molecule has 1 N–H and O–H groups in total. The fraction of sp³-hybridized carbons (Fsp3) is 0.412. The second kappa shape index (κ2) is 11.0. The van der Waals surface area contributed by atoms with Gasteiger partial charge in [-0.3, -0.25) is 4.90 Å². The molecule has 1 aliphatic rings. The fourth-order valence-corrected chi connectivity index (χ4v) is 2.73. The van der Waals surface area contributed by atoms with Gasteiger partial charge >= 0.3 is 0 Å². The Kier molecular flexibility index (Phi) is 9.79. The van der Waals surface area contributed by atoms with Crippen LogP contribution < -0.4 is 30.1 Å². The second-order valence-electron chi connectivity index (χ2n) is 5.53. The number of benzene rings is 1. The molecule has 140 valence electrons. The average Bonchev–Trinajstić information content (AvgIpc) is 3.04. The number of nitrogens with one attached hydrogen (secondary N) is 1. The van der Waals surface area contributed by atoms with E-state index < -0.39 is 5.82 Å². The molecule has 0 saturated carbocycles. The van der Waals surface area contributed by atoms with Crippen molar-refractivity contribution in [2.75, 3.05) is 39.4 Å². The van der Waals surface area contributed by atoms with Gasteiger partial charge in [0.1, 0.15) is 17.3 Å². The maximum Gasteiger partial charge on any atom is 0.141 e. The molecule has 0 atom stereocenters. The Morgan fingerprint density at radius 2 is 1.88 bits per heavy atom. The molecule has 2 aromatic rings. The summed E-state index contributed by atoms with van der Waals surface area (Å²) in [6, 6.07) is 8.39. The zero-order valence-corrected chi connectivity index (χ0v) is 15.9. The third kappa shape index (κ3) is 6.44. The van der Waals surface area contributed by atoms with Gasteiger partial charge in [0.25, 0.3) is 0 Å². The van der Waals surface area contributed by atoms with E-state index in [4.69, 9.17) is 20.8 Å². The van der Waals surface area contributed by atoms with Crippen LogP contribution in [0.4, 0.5) is 4.39 Å². The van der Waals surface area contributed by atoms with Crippen LogP contribution in [0.3, 0.4) is 0 Å². The number of ether oxygens (including phenoxy) is 1. The summed E-state index contributed by atoms with van der Waals surface area (Å²) < 4.78 is 24.3. The van der Waals surface area contributed by atoms with E-state index in [0.717, 1.165) is 50.7 Å². The quantitative estimate of drug-likeness (QED) is 0.522. The maximum atomic E-state index is 13.2. The molecule has 1 saturated heterocycles. The Balaban J connectivity index is 0.00000156. The zero-order chi connectivity index (χ0) is 16.1. The highest BCUT2D eigenvalue weighted by atomic mass is 35.5. The van der Waals surface area contributed by atoms with Gasteiger partial charge in [-0.2, -0.15) is 0 Å². The summed E-state index contributed by atoms with van der Waals surface area (Å²) >= 11 is 5.80. The molecular formula is C17H20Cl3FN2O2-2. The lowest BCUT2D eigenvalue weighted by molar-refractivity contribution is -0.00100. The molecule has 1 aliphatic heterocycles. The van der Waals surface area contributed by atoms with Crippen LogP contribution in [-0.2, 0) is 11.3 Å². The van der Waals surface area contributed by atoms with Crippen molar-refractivity contribution in [2.45, 2.75) is 6.54 Å². The Morgan fingerprint density at radius 3 is 2.60 bits per heavy atom. The normalized spacial score (nSPS) is 14.6. The van der Waals surface area contributed by atoms with Crippen LogP contribution >= 0.6 is 11.6 Å². The number of halogens is 4. The highest BCUT2D eigenvalue weighted by Crippen LogP contribution is 2.26. The molecule has 1 aromatic carbocycles. The Morgan fingerprint density at radius 1 is 1.12 bits per heavy atom. The van der Waals surface area contributed by atoms with Crippen molar-refractivity contribution < 1.29 is 38.4 Å². The third-order valence-corrected chi connectivity index (χ3v) is 4.16. The van der Waals surface area contributed by atoms with E-state index in [-0.39, 0.29) is 29.8 Å². The molecular weight excluding hydrogens is 390 g/mol. The number of furan rings is 1. The summed E-state index contributed by atoms with van der Waals surface area (Å²) in [4.78, 5) is 2.38. The molecule has 8 heteroatoms. The van der Waals surface area contributed by atoms with Crippen LogP contribution in [0.5, 0.6) is 0 Å². The maximum absolute atomic E-state index is 13.2. The molecule has 1 aromatic heterocycles. The van der Waals surface area contributed by atoms with E-state index in [1.54, 1.807) is 12.1 Å². The fourth-order valence-electron chi connectivity index (χ4n) is 2.55. The molecule has 0 aliphatic carbocycles. The Bertz CT molecular complexity index is 649. The molecule has 0 radical (unpaired) electrons. The molecule has 0 bridgehead atoms. The number of hydrogen-bond donors (Lipinski definition) is 1. The predicted octanol–water partition coefficient (Wildman–Crippen LogP) is -2.83. The van der Waals surface area contributed by atoms with E-state index in [0.29, 0.717) is 12.3 Å². The van der Waals surface area contributed by atoms with Crippen molar-refractivity contribution in [3.63, 3.8) is 0 Å². The number of rotatable bonds is 6. The summed E-state index contributed by atoms with van der Waals surface area (Å²) in [6.07, 6.45) is 0. The molecule has 3 rings (SSSR count). The van der Waals surface area contributed by atoms with Crippen molar-refractivity contribution in [3.05, 3.63) is 46.9 Å². The van der Waals surface area contributed by atoms with Crippen molar-refractivity contribution in [3.8, 4) is 11.3 Å². The molecule has 2 heterocycles. The molecule has 25 heavy (non-hydrogen) atoms. The van der Waals surface area contributed by atoms with Crippen LogP contribution in [0, 0.1) is 5.82 Å². The van der Waals surface area contributed by atoms with Crippen LogP contribution in [0.2, 0.25) is 5.02 Å². The van der Waals surface area contributed by atoms with Crippen molar-refractivity contribution in [1.82, 2.24) is 10.2 Å². The molecule has 4 nitrogen and oxygen atoms in total. The summed E-state index contributed by atoms with van der Waals surface area (Å²) in [6.45, 7) is 6.21. The van der Waals surface area contributed by atoms with Crippen LogP contribution in [0.15, 0.2) is 34.7 Å². The monoisotopic (exact) mass is 408 g/mol. The minimum absolute atomic E-state index is 0. The summed E-state index contributed by atoms with van der Waals surface area (Å²) in [7, 11) is 0. The highest BCUT2D eigenvalue weighted by Gasteiger charge is 2.10. The lowest BCUT2D eigenvalue weighted by Crippen LogP contribution is -3.00. The van der Waals surface area contributed by atoms with Gasteiger partial charge < -0.3 is 39.3 Å². The number of morpholine rings is 1. The van der Waals surface area contributed by atoms with Gasteiger partial charge in [0.2, 0.25) is 0 Å². The topological polar surface area (TPSA) is 37.6 Å². The predicted molar refractivity (Wildman–Crippen MR) is 88.1 cm³/mol. The highest BCUT2D eigenvalue weighted by molar-refractivity contribution is 6.31. The Labute approximate surface area is 164 Å². The minimum Gasteiger partial charge on any atom is -1.00 e. The summed E-state index contributed by atoms with van der Waals surface area (Å²) in [5, 5.41) is 3.47. The zero-order valence-electron chi connectivity index (χ0n) is 13.6. The molecule has 0 spiro atoms. The van der Waals surface area contributed by atoms with Gasteiger partial charge in [-0.15, -0.1) is 0 Å². The lowest BCUT2D eigenvalue weighted by atomic mass is 10.2. The first kappa shape index (κ1) is 22.2. The van der Waals surface area contributed by atoms with Crippen LogP contribution in [0.1, 0.15) is 5.76 Å². The first-order valence-electron chi connectivity index (χ1n) is 7.77. The minimum atomic E-state index is -0.424. The van der Waals surface area contributed by atoms with E-state index in [1.165, 1.54) is 6.07 Å². The summed E-state index contributed by atoms with van der Waals surface area (Å²) in [5.41, 5.74) is 0.774. The average molecular weight is 410 g/mol. The molecule has 0 amide bonds. The van der Waals surface area contributed by atoms with Gasteiger partial charge in [0.15, 0.2) is 0 Å². The van der Waals surface area contributed by atoms with E-state index in [9.17, 15) is 4.39 Å². The van der Waals surface area contributed by atoms with Crippen molar-refractivity contribution >= 4 is 11.6 Å². The van der Waals surface area contributed by atoms with Gasteiger partial charge in [0, 0.05) is 31.7 Å². The van der Waals surface area contributed by atoms with Gasteiger partial charge in [-0.05, 0) is 30.3 Å².